The first-order valence-corrected chi connectivity index (χ1v) is 4.75. The van der Waals surface area contributed by atoms with E-state index in [-0.39, 0.29) is 0 Å². The molecule has 1 N–H and O–H groups in total. The van der Waals surface area contributed by atoms with E-state index in [9.17, 15) is 0 Å². The minimum Gasteiger partial charge on any atom is -0.316 e. The second-order valence-electron chi connectivity index (χ2n) is 3.99. The van der Waals surface area contributed by atoms with Crippen molar-refractivity contribution in [2.75, 3.05) is 26.2 Å². The zero-order valence-corrected chi connectivity index (χ0v) is 7.10. The predicted molar refractivity (Wildman–Crippen MR) is 45.6 cm³/mol. The van der Waals surface area contributed by atoms with Crippen LogP contribution in [-0.4, -0.2) is 26.2 Å². The molecule has 0 aromatic heterocycles. The molecule has 0 amide bonds. The van der Waals surface area contributed by atoms with E-state index >= 15 is 0 Å². The summed E-state index contributed by atoms with van der Waals surface area (Å²) >= 11 is 0. The fourth-order valence-corrected chi connectivity index (χ4v) is 2.25. The van der Waals surface area contributed by atoms with Gasteiger partial charge in [-0.3, -0.25) is 0 Å². The summed E-state index contributed by atoms with van der Waals surface area (Å²) in [5.74, 6) is 0. The van der Waals surface area contributed by atoms with Crippen LogP contribution >= 0.6 is 0 Å². The van der Waals surface area contributed by atoms with Crippen LogP contribution in [0.15, 0.2) is 0 Å². The highest BCUT2D eigenvalue weighted by Gasteiger charge is 2.34. The third-order valence-electron chi connectivity index (χ3n) is 3.06. The van der Waals surface area contributed by atoms with E-state index in [1.807, 2.05) is 0 Å². The molecule has 0 saturated carbocycles. The lowest BCUT2D eigenvalue weighted by Gasteiger charge is -2.25. The van der Waals surface area contributed by atoms with Crippen LogP contribution < -0.4 is 10.6 Å². The Bertz CT molecular complexity index is 118. The van der Waals surface area contributed by atoms with Gasteiger partial charge in [0.15, 0.2) is 0 Å². The standard InChI is InChI=1S/C9H17N2/c1-2-5-10-7-9(3-1)4-6-11-8-9/h10H,1-8H2. The molecule has 2 aliphatic rings. The molecule has 11 heavy (non-hydrogen) atoms. The molecule has 0 bridgehead atoms. The van der Waals surface area contributed by atoms with E-state index in [0.29, 0.717) is 5.41 Å². The summed E-state index contributed by atoms with van der Waals surface area (Å²) in [4.78, 5) is 0. The van der Waals surface area contributed by atoms with Crippen LogP contribution in [0.5, 0.6) is 0 Å². The molecule has 2 heterocycles. The first kappa shape index (κ1) is 7.56. The Balaban J connectivity index is 1.97. The Labute approximate surface area is 68.7 Å². The fraction of sp³-hybridized carbons (Fsp3) is 1.00. The van der Waals surface area contributed by atoms with Crippen molar-refractivity contribution >= 4 is 0 Å². The van der Waals surface area contributed by atoms with Gasteiger partial charge < -0.3 is 5.32 Å². The molecule has 0 aromatic carbocycles. The van der Waals surface area contributed by atoms with Crippen molar-refractivity contribution < 1.29 is 0 Å². The van der Waals surface area contributed by atoms with Gasteiger partial charge in [0.2, 0.25) is 0 Å². The molecule has 2 nitrogen and oxygen atoms in total. The highest BCUT2D eigenvalue weighted by Crippen LogP contribution is 2.32. The van der Waals surface area contributed by atoms with Crippen molar-refractivity contribution in [2.45, 2.75) is 25.7 Å². The Morgan fingerprint density at radius 2 is 2.18 bits per heavy atom. The molecule has 2 rings (SSSR count). The summed E-state index contributed by atoms with van der Waals surface area (Å²) in [7, 11) is 0. The van der Waals surface area contributed by atoms with Crippen molar-refractivity contribution in [3.8, 4) is 0 Å². The molecule has 63 valence electrons. The van der Waals surface area contributed by atoms with E-state index in [2.05, 4.69) is 10.6 Å². The smallest absolute Gasteiger partial charge is 0.0202 e. The van der Waals surface area contributed by atoms with E-state index < -0.39 is 0 Å². The maximum Gasteiger partial charge on any atom is 0.0202 e. The number of rotatable bonds is 0. The lowest BCUT2D eigenvalue weighted by atomic mass is 9.83. The van der Waals surface area contributed by atoms with E-state index in [1.165, 1.54) is 38.8 Å². The normalized spacial score (nSPS) is 39.3. The summed E-state index contributed by atoms with van der Waals surface area (Å²) in [6.07, 6.45) is 5.51. The Hall–Kier alpha value is -0.0800. The predicted octanol–water partition coefficient (Wildman–Crippen LogP) is 0.754. The maximum absolute atomic E-state index is 4.46. The largest absolute Gasteiger partial charge is 0.316 e. The van der Waals surface area contributed by atoms with Crippen molar-refractivity contribution in [3.63, 3.8) is 0 Å². The topological polar surface area (TPSA) is 26.1 Å². The van der Waals surface area contributed by atoms with Crippen LogP contribution in [-0.2, 0) is 0 Å². The second kappa shape index (κ2) is 3.11. The van der Waals surface area contributed by atoms with Gasteiger partial charge in [0.05, 0.1) is 0 Å². The van der Waals surface area contributed by atoms with Crippen LogP contribution in [0.2, 0.25) is 0 Å². The van der Waals surface area contributed by atoms with Gasteiger partial charge in [-0.2, -0.15) is 0 Å². The Morgan fingerprint density at radius 3 is 3.00 bits per heavy atom. The quantitative estimate of drug-likeness (QED) is 0.546. The van der Waals surface area contributed by atoms with E-state index in [0.717, 1.165) is 13.1 Å². The SMILES string of the molecule is C1CCC2(CC[N]C2)CNC1. The van der Waals surface area contributed by atoms with Crippen molar-refractivity contribution in [1.82, 2.24) is 10.6 Å². The number of nitrogens with one attached hydrogen (secondary N) is 1. The van der Waals surface area contributed by atoms with Crippen LogP contribution in [0.3, 0.4) is 0 Å². The van der Waals surface area contributed by atoms with Gasteiger partial charge in [0.25, 0.3) is 0 Å². The third kappa shape index (κ3) is 1.57. The first-order valence-electron chi connectivity index (χ1n) is 4.75. The molecule has 2 saturated heterocycles. The summed E-state index contributed by atoms with van der Waals surface area (Å²) in [6.45, 7) is 4.68. The molecule has 1 unspecified atom stereocenters. The highest BCUT2D eigenvalue weighted by molar-refractivity contribution is 4.90. The average Bonchev–Trinajstić information content (AvgIpc) is 2.32. The van der Waals surface area contributed by atoms with Gasteiger partial charge in [-0.25, -0.2) is 5.32 Å². The van der Waals surface area contributed by atoms with Crippen molar-refractivity contribution in [3.05, 3.63) is 0 Å². The Kier molecular flexibility index (Phi) is 2.14. The molecule has 2 fully saturated rings. The van der Waals surface area contributed by atoms with E-state index in [1.54, 1.807) is 0 Å². The van der Waals surface area contributed by atoms with Crippen LogP contribution in [0.4, 0.5) is 0 Å². The van der Waals surface area contributed by atoms with Crippen LogP contribution in [0.25, 0.3) is 0 Å². The molecule has 1 atom stereocenters. The van der Waals surface area contributed by atoms with Gasteiger partial charge in [0.1, 0.15) is 0 Å². The molecule has 1 spiro atoms. The van der Waals surface area contributed by atoms with Crippen molar-refractivity contribution in [2.24, 2.45) is 5.41 Å². The highest BCUT2D eigenvalue weighted by atomic mass is 15.0. The van der Waals surface area contributed by atoms with Gasteiger partial charge in [0, 0.05) is 19.6 Å². The lowest BCUT2D eigenvalue weighted by molar-refractivity contribution is 0.296. The van der Waals surface area contributed by atoms with Gasteiger partial charge in [-0.05, 0) is 31.2 Å². The second-order valence-corrected chi connectivity index (χ2v) is 3.99. The monoisotopic (exact) mass is 153 g/mol. The van der Waals surface area contributed by atoms with Gasteiger partial charge >= 0.3 is 0 Å². The number of hydrogen-bond donors (Lipinski definition) is 1. The first-order chi connectivity index (χ1) is 5.41. The zero-order valence-electron chi connectivity index (χ0n) is 7.10. The lowest BCUT2D eigenvalue weighted by Crippen LogP contribution is -2.33. The molecule has 0 aromatic rings. The number of nitrogens with zero attached hydrogens (tertiary/aromatic N) is 1. The third-order valence-corrected chi connectivity index (χ3v) is 3.06. The Morgan fingerprint density at radius 1 is 1.18 bits per heavy atom. The average molecular weight is 153 g/mol. The van der Waals surface area contributed by atoms with Crippen LogP contribution in [0.1, 0.15) is 25.7 Å². The summed E-state index contributed by atoms with van der Waals surface area (Å²) < 4.78 is 0. The fourth-order valence-electron chi connectivity index (χ4n) is 2.25. The number of hydrogen-bond acceptors (Lipinski definition) is 1. The summed E-state index contributed by atoms with van der Waals surface area (Å²) in [6, 6.07) is 0. The molecule has 2 heteroatoms. The van der Waals surface area contributed by atoms with Crippen LogP contribution in [0, 0.1) is 5.41 Å². The zero-order chi connectivity index (χ0) is 7.57. The van der Waals surface area contributed by atoms with Gasteiger partial charge in [-0.15, -0.1) is 0 Å². The van der Waals surface area contributed by atoms with Gasteiger partial charge in [-0.1, -0.05) is 6.42 Å². The molecule has 2 aliphatic heterocycles. The minimum absolute atomic E-state index is 0.580. The van der Waals surface area contributed by atoms with E-state index in [4.69, 9.17) is 0 Å². The minimum atomic E-state index is 0.580. The molecular formula is C9H17N2. The summed E-state index contributed by atoms with van der Waals surface area (Å²) in [5, 5.41) is 7.98. The molecule has 1 radical (unpaired) electrons. The summed E-state index contributed by atoms with van der Waals surface area (Å²) in [5.41, 5.74) is 0.580. The molecular weight excluding hydrogens is 136 g/mol. The molecule has 0 aliphatic carbocycles. The maximum atomic E-state index is 4.46. The van der Waals surface area contributed by atoms with Crippen molar-refractivity contribution in [1.29, 1.82) is 0 Å².